The van der Waals surface area contributed by atoms with Crippen molar-refractivity contribution in [3.63, 3.8) is 0 Å². The van der Waals surface area contributed by atoms with Crippen molar-refractivity contribution in [2.45, 2.75) is 50.4 Å². The number of ether oxygens (including phenoxy) is 1. The average Bonchev–Trinajstić information content (AvgIpc) is 3.09. The van der Waals surface area contributed by atoms with Gasteiger partial charge < -0.3 is 14.5 Å². The van der Waals surface area contributed by atoms with Gasteiger partial charge >= 0.3 is 0 Å². The highest BCUT2D eigenvalue weighted by Gasteiger charge is 2.25. The Morgan fingerprint density at radius 1 is 1.04 bits per heavy atom. The topological polar surface area (TPSA) is 53.9 Å². The van der Waals surface area contributed by atoms with Crippen molar-refractivity contribution >= 4 is 22.7 Å². The van der Waals surface area contributed by atoms with E-state index in [1.165, 1.54) is 24.4 Å². The highest BCUT2D eigenvalue weighted by Crippen LogP contribution is 2.26. The third-order valence-electron chi connectivity index (χ3n) is 5.10. The fourth-order valence-electron chi connectivity index (χ4n) is 3.66. The zero-order valence-electron chi connectivity index (χ0n) is 14.9. The molecule has 7 heteroatoms. The molecular weight excluding hydrogens is 334 g/mol. The Labute approximate surface area is 154 Å². The lowest BCUT2D eigenvalue weighted by atomic mass is 9.98. The van der Waals surface area contributed by atoms with Crippen LogP contribution in [-0.2, 0) is 0 Å². The molecule has 1 unspecified atom stereocenters. The predicted octanol–water partition coefficient (Wildman–Crippen LogP) is 2.80. The normalized spacial score (nSPS) is 25.2. The van der Waals surface area contributed by atoms with E-state index in [4.69, 9.17) is 9.72 Å². The quantitative estimate of drug-likeness (QED) is 0.825. The molecule has 0 aromatic carbocycles. The molecule has 1 atom stereocenters. The predicted molar refractivity (Wildman–Crippen MR) is 103 cm³/mol. The van der Waals surface area contributed by atoms with Crippen LogP contribution in [0.4, 0.5) is 5.82 Å². The van der Waals surface area contributed by atoms with Crippen molar-refractivity contribution < 1.29 is 4.74 Å². The van der Waals surface area contributed by atoms with Gasteiger partial charge in [-0.3, -0.25) is 9.98 Å². The third kappa shape index (κ3) is 4.19. The van der Waals surface area contributed by atoms with Crippen LogP contribution in [0, 0.1) is 0 Å². The van der Waals surface area contributed by atoms with Gasteiger partial charge in [0, 0.05) is 31.4 Å². The van der Waals surface area contributed by atoms with E-state index >= 15 is 0 Å². The number of hydrogen-bond acceptors (Lipinski definition) is 7. The summed E-state index contributed by atoms with van der Waals surface area (Å²) in [7, 11) is 0. The van der Waals surface area contributed by atoms with Crippen molar-refractivity contribution in [1.29, 1.82) is 0 Å². The zero-order valence-corrected chi connectivity index (χ0v) is 15.7. The molecular formula is C18H27N5OS. The summed E-state index contributed by atoms with van der Waals surface area (Å²) in [6, 6.07) is 0. The maximum absolute atomic E-state index is 6.07. The van der Waals surface area contributed by atoms with Crippen LogP contribution in [0.3, 0.4) is 0 Å². The van der Waals surface area contributed by atoms with Gasteiger partial charge in [0.1, 0.15) is 6.10 Å². The highest BCUT2D eigenvalue weighted by atomic mass is 32.2. The lowest BCUT2D eigenvalue weighted by Crippen LogP contribution is -2.48. The molecule has 1 saturated carbocycles. The van der Waals surface area contributed by atoms with Gasteiger partial charge in [-0.1, -0.05) is 25.1 Å². The third-order valence-corrected chi connectivity index (χ3v) is 6.25. The second-order valence-corrected chi connectivity index (χ2v) is 8.52. The summed E-state index contributed by atoms with van der Waals surface area (Å²) in [5.41, 5.74) is 0. The van der Waals surface area contributed by atoms with Crippen LogP contribution >= 0.6 is 11.8 Å². The van der Waals surface area contributed by atoms with Gasteiger partial charge in [-0.05, 0) is 25.7 Å². The summed E-state index contributed by atoms with van der Waals surface area (Å²) in [5, 5.41) is 1.83. The first-order valence-electron chi connectivity index (χ1n) is 9.47. The Balaban J connectivity index is 1.34. The Kier molecular flexibility index (Phi) is 5.29. The molecule has 1 saturated heterocycles. The highest BCUT2D eigenvalue weighted by molar-refractivity contribution is 8.14. The second kappa shape index (κ2) is 7.81. The van der Waals surface area contributed by atoms with Gasteiger partial charge in [0.05, 0.1) is 18.9 Å². The Bertz CT molecular complexity index is 611. The van der Waals surface area contributed by atoms with Crippen LogP contribution in [0.2, 0.25) is 0 Å². The molecule has 4 rings (SSSR count). The van der Waals surface area contributed by atoms with E-state index in [9.17, 15) is 0 Å². The van der Waals surface area contributed by atoms with Gasteiger partial charge in [0.25, 0.3) is 0 Å². The Hall–Kier alpha value is -1.50. The molecule has 3 heterocycles. The molecule has 2 fully saturated rings. The van der Waals surface area contributed by atoms with E-state index in [1.54, 1.807) is 6.20 Å². The summed E-state index contributed by atoms with van der Waals surface area (Å²) >= 11 is 1.90. The van der Waals surface area contributed by atoms with Crippen molar-refractivity contribution in [3.05, 3.63) is 12.4 Å². The number of aromatic nitrogens is 2. The second-order valence-electron chi connectivity index (χ2n) is 7.12. The number of rotatable bonds is 3. The fourth-order valence-corrected chi connectivity index (χ4v) is 4.65. The molecule has 1 aromatic heterocycles. The first-order valence-corrected chi connectivity index (χ1v) is 10.4. The SMILES string of the molecule is CC1CN=C(N2CCN(c3cncc(OC4CCCCC4)n3)CC2)S1. The van der Waals surface area contributed by atoms with Crippen molar-refractivity contribution in [2.24, 2.45) is 4.99 Å². The molecule has 1 aliphatic carbocycles. The Morgan fingerprint density at radius 3 is 2.52 bits per heavy atom. The van der Waals surface area contributed by atoms with E-state index in [0.717, 1.165) is 51.4 Å². The number of anilines is 1. The van der Waals surface area contributed by atoms with Gasteiger partial charge in [-0.15, -0.1) is 0 Å². The smallest absolute Gasteiger partial charge is 0.234 e. The minimum Gasteiger partial charge on any atom is -0.473 e. The fraction of sp³-hybridized carbons (Fsp3) is 0.722. The number of aliphatic imine (C=N–C) groups is 1. The van der Waals surface area contributed by atoms with Gasteiger partial charge in [0.15, 0.2) is 11.0 Å². The molecule has 1 aromatic rings. The van der Waals surface area contributed by atoms with Crippen molar-refractivity contribution in [3.8, 4) is 5.88 Å². The van der Waals surface area contributed by atoms with E-state index in [-0.39, 0.29) is 0 Å². The minimum atomic E-state index is 0.314. The summed E-state index contributed by atoms with van der Waals surface area (Å²) < 4.78 is 6.07. The standard InChI is InChI=1S/C18H27N5OS/c1-14-11-20-18(25-14)23-9-7-22(8-10-23)16-12-19-13-17(21-16)24-15-5-3-2-4-6-15/h12-15H,2-11H2,1H3. The zero-order chi connectivity index (χ0) is 17.1. The van der Waals surface area contributed by atoms with Gasteiger partial charge in [-0.25, -0.2) is 0 Å². The largest absolute Gasteiger partial charge is 0.473 e. The average molecular weight is 362 g/mol. The molecule has 136 valence electrons. The Morgan fingerprint density at radius 2 is 1.80 bits per heavy atom. The number of nitrogens with zero attached hydrogens (tertiary/aromatic N) is 5. The molecule has 0 radical (unpaired) electrons. The summed E-state index contributed by atoms with van der Waals surface area (Å²) in [4.78, 5) is 18.4. The summed E-state index contributed by atoms with van der Waals surface area (Å²) in [6.07, 6.45) is 10.1. The van der Waals surface area contributed by atoms with Gasteiger partial charge in [-0.2, -0.15) is 4.98 Å². The first-order chi connectivity index (χ1) is 12.3. The molecule has 25 heavy (non-hydrogen) atoms. The lowest BCUT2D eigenvalue weighted by Gasteiger charge is -2.36. The first kappa shape index (κ1) is 16.9. The monoisotopic (exact) mass is 361 g/mol. The van der Waals surface area contributed by atoms with Gasteiger partial charge in [0.2, 0.25) is 5.88 Å². The van der Waals surface area contributed by atoms with Crippen molar-refractivity contribution in [1.82, 2.24) is 14.9 Å². The summed E-state index contributed by atoms with van der Waals surface area (Å²) in [6.45, 7) is 7.09. The maximum atomic E-state index is 6.07. The molecule has 0 bridgehead atoms. The van der Waals surface area contributed by atoms with Crippen LogP contribution in [0.25, 0.3) is 0 Å². The van der Waals surface area contributed by atoms with Crippen LogP contribution in [0.1, 0.15) is 39.0 Å². The van der Waals surface area contributed by atoms with Crippen LogP contribution in [-0.4, -0.2) is 64.1 Å². The molecule has 0 spiro atoms. The van der Waals surface area contributed by atoms with Crippen LogP contribution in [0.15, 0.2) is 17.4 Å². The van der Waals surface area contributed by atoms with Crippen molar-refractivity contribution in [2.75, 3.05) is 37.6 Å². The van der Waals surface area contributed by atoms with E-state index in [2.05, 4.69) is 26.7 Å². The number of piperazine rings is 1. The molecule has 0 amide bonds. The minimum absolute atomic E-state index is 0.314. The maximum Gasteiger partial charge on any atom is 0.234 e. The van der Waals surface area contributed by atoms with E-state index < -0.39 is 0 Å². The molecule has 2 aliphatic heterocycles. The number of hydrogen-bond donors (Lipinski definition) is 0. The lowest BCUT2D eigenvalue weighted by molar-refractivity contribution is 0.148. The molecule has 3 aliphatic rings. The molecule has 0 N–H and O–H groups in total. The summed E-state index contributed by atoms with van der Waals surface area (Å²) in [5.74, 6) is 1.61. The number of amidine groups is 1. The van der Waals surface area contributed by atoms with Crippen LogP contribution < -0.4 is 9.64 Å². The van der Waals surface area contributed by atoms with E-state index in [0.29, 0.717) is 17.2 Å². The molecule has 6 nitrogen and oxygen atoms in total. The van der Waals surface area contributed by atoms with E-state index in [1.807, 2.05) is 18.0 Å². The number of thioether (sulfide) groups is 1. The van der Waals surface area contributed by atoms with Crippen LogP contribution in [0.5, 0.6) is 5.88 Å².